The molecule has 2 amide bonds. The van der Waals surface area contributed by atoms with Crippen LogP contribution in [0.5, 0.6) is 5.75 Å². The normalized spacial score (nSPS) is 11.9. The highest BCUT2D eigenvalue weighted by molar-refractivity contribution is 7.92. The molecule has 1 N–H and O–H groups in total. The third-order valence-electron chi connectivity index (χ3n) is 5.95. The van der Waals surface area contributed by atoms with Crippen LogP contribution in [0.25, 0.3) is 0 Å². The van der Waals surface area contributed by atoms with Gasteiger partial charge in [-0.15, -0.1) is 0 Å². The minimum atomic E-state index is -3.82. The lowest BCUT2D eigenvalue weighted by Gasteiger charge is -2.32. The first-order valence-corrected chi connectivity index (χ1v) is 14.3. The van der Waals surface area contributed by atoms with E-state index in [0.29, 0.717) is 29.5 Å². The molecule has 3 rings (SSSR count). The molecule has 0 radical (unpaired) electrons. The van der Waals surface area contributed by atoms with Crippen molar-refractivity contribution in [2.75, 3.05) is 24.2 Å². The number of rotatable bonds is 12. The number of carbonyl (C=O) groups is 2. The molecule has 0 saturated carbocycles. The highest BCUT2D eigenvalue weighted by Gasteiger charge is 2.31. The fourth-order valence-corrected chi connectivity index (χ4v) is 4.91. The molecule has 1 unspecified atom stereocenters. The zero-order chi connectivity index (χ0) is 27.7. The summed E-state index contributed by atoms with van der Waals surface area (Å²) >= 11 is 6.00. The molecule has 10 heteroatoms. The lowest BCUT2D eigenvalue weighted by molar-refractivity contribution is -0.140. The van der Waals surface area contributed by atoms with Gasteiger partial charge in [-0.05, 0) is 53.9 Å². The van der Waals surface area contributed by atoms with Gasteiger partial charge in [0.1, 0.15) is 24.9 Å². The second kappa shape index (κ2) is 13.3. The van der Waals surface area contributed by atoms with Crippen molar-refractivity contribution in [2.24, 2.45) is 0 Å². The number of likely N-dealkylation sites (N-methyl/N-ethyl adjacent to an activating group) is 1. The van der Waals surface area contributed by atoms with E-state index < -0.39 is 28.5 Å². The molecular weight excluding hydrogens is 526 g/mol. The molecule has 3 aromatic carbocycles. The molecule has 0 bridgehead atoms. The topological polar surface area (TPSA) is 96.0 Å². The SMILES string of the molecule is CCC(C(=O)NC)N(Cc1ccc(Cl)cc1)C(=O)CN(c1ccc(OCc2ccccc2)cc1)S(C)(=O)=O. The molecule has 0 aliphatic heterocycles. The lowest BCUT2D eigenvalue weighted by Crippen LogP contribution is -2.51. The average molecular weight is 558 g/mol. The summed E-state index contributed by atoms with van der Waals surface area (Å²) in [5.74, 6) is -0.279. The van der Waals surface area contributed by atoms with Crippen LogP contribution < -0.4 is 14.4 Å². The molecule has 38 heavy (non-hydrogen) atoms. The fraction of sp³-hybridized carbons (Fsp3) is 0.286. The van der Waals surface area contributed by atoms with Gasteiger partial charge >= 0.3 is 0 Å². The van der Waals surface area contributed by atoms with Crippen LogP contribution in [0.1, 0.15) is 24.5 Å². The Labute approximate surface area is 229 Å². The highest BCUT2D eigenvalue weighted by atomic mass is 35.5. The minimum Gasteiger partial charge on any atom is -0.489 e. The third-order valence-corrected chi connectivity index (χ3v) is 7.34. The smallest absolute Gasteiger partial charge is 0.244 e. The van der Waals surface area contributed by atoms with E-state index in [-0.39, 0.29) is 12.5 Å². The summed E-state index contributed by atoms with van der Waals surface area (Å²) in [6, 6.07) is 22.3. The number of benzene rings is 3. The van der Waals surface area contributed by atoms with Crippen LogP contribution in [0, 0.1) is 0 Å². The molecular formula is C28H32ClN3O5S. The van der Waals surface area contributed by atoms with Crippen molar-refractivity contribution in [1.29, 1.82) is 0 Å². The van der Waals surface area contributed by atoms with Crippen molar-refractivity contribution in [2.45, 2.75) is 32.5 Å². The second-order valence-corrected chi connectivity index (χ2v) is 11.1. The summed E-state index contributed by atoms with van der Waals surface area (Å²) in [6.07, 6.45) is 1.39. The molecule has 0 saturated heterocycles. The van der Waals surface area contributed by atoms with E-state index in [1.54, 1.807) is 55.5 Å². The molecule has 3 aromatic rings. The summed E-state index contributed by atoms with van der Waals surface area (Å²) in [5, 5.41) is 3.14. The van der Waals surface area contributed by atoms with Gasteiger partial charge in [-0.25, -0.2) is 8.42 Å². The van der Waals surface area contributed by atoms with Gasteiger partial charge in [-0.3, -0.25) is 13.9 Å². The molecule has 0 aliphatic rings. The monoisotopic (exact) mass is 557 g/mol. The van der Waals surface area contributed by atoms with Gasteiger partial charge in [-0.2, -0.15) is 0 Å². The summed E-state index contributed by atoms with van der Waals surface area (Å²) in [7, 11) is -2.32. The van der Waals surface area contributed by atoms with Crippen LogP contribution in [0.2, 0.25) is 5.02 Å². The number of ether oxygens (including phenoxy) is 1. The number of sulfonamides is 1. The van der Waals surface area contributed by atoms with Crippen LogP contribution in [0.3, 0.4) is 0 Å². The predicted molar refractivity (Wildman–Crippen MR) is 150 cm³/mol. The first-order chi connectivity index (χ1) is 18.1. The molecule has 1 atom stereocenters. The first-order valence-electron chi connectivity index (χ1n) is 12.1. The van der Waals surface area contributed by atoms with Crippen molar-refractivity contribution in [1.82, 2.24) is 10.2 Å². The van der Waals surface area contributed by atoms with Crippen LogP contribution in [-0.2, 0) is 32.8 Å². The molecule has 0 spiro atoms. The molecule has 0 aliphatic carbocycles. The Kier molecular flexibility index (Phi) is 10.2. The number of amides is 2. The van der Waals surface area contributed by atoms with E-state index in [1.807, 2.05) is 30.3 Å². The van der Waals surface area contributed by atoms with Crippen LogP contribution in [0.4, 0.5) is 5.69 Å². The number of hydrogen-bond donors (Lipinski definition) is 1. The van der Waals surface area contributed by atoms with E-state index in [1.165, 1.54) is 11.9 Å². The molecule has 202 valence electrons. The van der Waals surface area contributed by atoms with Gasteiger partial charge in [0.05, 0.1) is 11.9 Å². The zero-order valence-electron chi connectivity index (χ0n) is 21.6. The number of carbonyl (C=O) groups excluding carboxylic acids is 2. The standard InChI is InChI=1S/C28H32ClN3O5S/c1-4-26(28(34)30-2)31(18-21-10-12-23(29)13-11-21)27(33)19-32(38(3,35)36)24-14-16-25(17-15-24)37-20-22-8-6-5-7-9-22/h5-17,26H,4,18-20H2,1-3H3,(H,30,34). The van der Waals surface area contributed by atoms with Crippen molar-refractivity contribution >= 4 is 39.1 Å². The van der Waals surface area contributed by atoms with Crippen LogP contribution >= 0.6 is 11.6 Å². The molecule has 0 aromatic heterocycles. The van der Waals surface area contributed by atoms with Crippen LogP contribution in [0.15, 0.2) is 78.9 Å². The van der Waals surface area contributed by atoms with Gasteiger partial charge in [0.25, 0.3) is 0 Å². The van der Waals surface area contributed by atoms with Crippen molar-refractivity contribution < 1.29 is 22.7 Å². The first kappa shape index (κ1) is 29.0. The Morgan fingerprint density at radius 1 is 0.947 bits per heavy atom. The van der Waals surface area contributed by atoms with Crippen LogP contribution in [-0.4, -0.2) is 51.0 Å². The van der Waals surface area contributed by atoms with E-state index in [9.17, 15) is 18.0 Å². The summed E-state index contributed by atoms with van der Waals surface area (Å²) in [6.45, 7) is 1.81. The molecule has 8 nitrogen and oxygen atoms in total. The Hall–Kier alpha value is -3.56. The predicted octanol–water partition coefficient (Wildman–Crippen LogP) is 4.24. The quantitative estimate of drug-likeness (QED) is 0.359. The highest BCUT2D eigenvalue weighted by Crippen LogP contribution is 2.23. The fourth-order valence-electron chi connectivity index (χ4n) is 3.94. The van der Waals surface area contributed by atoms with Crippen molar-refractivity contribution in [3.8, 4) is 5.75 Å². The Morgan fingerprint density at radius 3 is 2.13 bits per heavy atom. The van der Waals surface area contributed by atoms with Gasteiger partial charge in [0.2, 0.25) is 21.8 Å². The van der Waals surface area contributed by atoms with Crippen molar-refractivity contribution in [3.05, 3.63) is 95.0 Å². The summed E-state index contributed by atoms with van der Waals surface area (Å²) < 4.78 is 32.3. The van der Waals surface area contributed by atoms with Crippen molar-refractivity contribution in [3.63, 3.8) is 0 Å². The number of nitrogens with one attached hydrogen (secondary N) is 1. The second-order valence-electron chi connectivity index (χ2n) is 8.72. The van der Waals surface area contributed by atoms with Gasteiger partial charge in [0, 0.05) is 18.6 Å². The van der Waals surface area contributed by atoms with E-state index in [2.05, 4.69) is 5.32 Å². The summed E-state index contributed by atoms with van der Waals surface area (Å²) in [4.78, 5) is 27.6. The molecule has 0 heterocycles. The number of nitrogens with zero attached hydrogens (tertiary/aromatic N) is 2. The maximum absolute atomic E-state index is 13.6. The minimum absolute atomic E-state index is 0.117. The van der Waals surface area contributed by atoms with Gasteiger partial charge < -0.3 is 15.0 Å². The number of hydrogen-bond acceptors (Lipinski definition) is 5. The van der Waals surface area contributed by atoms with E-state index >= 15 is 0 Å². The zero-order valence-corrected chi connectivity index (χ0v) is 23.2. The Balaban J connectivity index is 1.83. The van der Waals surface area contributed by atoms with E-state index in [0.717, 1.165) is 21.7 Å². The average Bonchev–Trinajstić information content (AvgIpc) is 2.91. The number of anilines is 1. The Morgan fingerprint density at radius 2 is 1.58 bits per heavy atom. The largest absolute Gasteiger partial charge is 0.489 e. The van der Waals surface area contributed by atoms with E-state index in [4.69, 9.17) is 16.3 Å². The lowest BCUT2D eigenvalue weighted by atomic mass is 10.1. The Bertz CT molecular complexity index is 1320. The maximum atomic E-state index is 13.6. The maximum Gasteiger partial charge on any atom is 0.244 e. The third kappa shape index (κ3) is 7.97. The summed E-state index contributed by atoms with van der Waals surface area (Å²) in [5.41, 5.74) is 2.07. The molecule has 0 fully saturated rings. The van der Waals surface area contributed by atoms with Gasteiger partial charge in [-0.1, -0.05) is 61.0 Å². The number of halogens is 1. The van der Waals surface area contributed by atoms with Gasteiger partial charge in [0.15, 0.2) is 0 Å².